The topological polar surface area (TPSA) is 37.4 Å². The molecule has 0 spiro atoms. The maximum atomic E-state index is 13.0. The Bertz CT molecular complexity index is 732. The summed E-state index contributed by atoms with van der Waals surface area (Å²) < 4.78 is 40.1. The summed E-state index contributed by atoms with van der Waals surface area (Å²) in [6.07, 6.45) is 0. The zero-order valence-electron chi connectivity index (χ0n) is 11.6. The first-order chi connectivity index (χ1) is 9.84. The van der Waals surface area contributed by atoms with Gasteiger partial charge in [-0.15, -0.1) is 0 Å². The lowest BCUT2D eigenvalue weighted by Crippen LogP contribution is -2.30. The van der Waals surface area contributed by atoms with Crippen molar-refractivity contribution < 1.29 is 12.8 Å². The summed E-state index contributed by atoms with van der Waals surface area (Å²) in [6.45, 7) is 1.77. The summed E-state index contributed by atoms with van der Waals surface area (Å²) in [7, 11) is -2.12. The maximum Gasteiger partial charge on any atom is 0.244 e. The monoisotopic (exact) mass is 371 g/mol. The predicted octanol–water partition coefficient (Wildman–Crippen LogP) is 3.97. The highest BCUT2D eigenvalue weighted by molar-refractivity contribution is 9.10. The van der Waals surface area contributed by atoms with Crippen LogP contribution in [-0.2, 0) is 10.0 Å². The fraction of sp³-hybridized carbons (Fsp3) is 0.200. The lowest BCUT2D eigenvalue weighted by Gasteiger charge is -2.25. The molecule has 1 unspecified atom stereocenters. The molecule has 0 aliphatic heterocycles. The molecule has 21 heavy (non-hydrogen) atoms. The molecule has 0 radical (unpaired) electrons. The third kappa shape index (κ3) is 3.33. The van der Waals surface area contributed by atoms with E-state index in [1.165, 1.54) is 23.5 Å². The Hall–Kier alpha value is -1.24. The second-order valence-corrected chi connectivity index (χ2v) is 7.50. The molecule has 0 saturated heterocycles. The molecule has 2 aromatic rings. The number of sulfonamides is 1. The fourth-order valence-corrected chi connectivity index (χ4v) is 4.28. The van der Waals surface area contributed by atoms with E-state index in [-0.39, 0.29) is 10.7 Å². The molecule has 0 fully saturated rings. The van der Waals surface area contributed by atoms with Crippen molar-refractivity contribution in [1.82, 2.24) is 4.31 Å². The van der Waals surface area contributed by atoms with Crippen molar-refractivity contribution in [1.29, 1.82) is 0 Å². The zero-order chi connectivity index (χ0) is 15.6. The zero-order valence-corrected chi connectivity index (χ0v) is 14.0. The average Bonchev–Trinajstić information content (AvgIpc) is 2.46. The molecule has 0 aliphatic carbocycles. The normalized spacial score (nSPS) is 13.4. The molecule has 0 aromatic heterocycles. The smallest absolute Gasteiger partial charge is 0.207 e. The van der Waals surface area contributed by atoms with Gasteiger partial charge in [0.25, 0.3) is 0 Å². The minimum atomic E-state index is -3.63. The largest absolute Gasteiger partial charge is 0.244 e. The van der Waals surface area contributed by atoms with E-state index < -0.39 is 16.1 Å². The molecule has 2 rings (SSSR count). The lowest BCUT2D eigenvalue weighted by atomic mass is 10.1. The summed E-state index contributed by atoms with van der Waals surface area (Å²) in [6, 6.07) is 12.1. The number of benzene rings is 2. The van der Waals surface area contributed by atoms with Crippen LogP contribution in [0, 0.1) is 5.82 Å². The third-order valence-corrected chi connectivity index (χ3v) is 6.33. The van der Waals surface area contributed by atoms with Crippen LogP contribution in [0.3, 0.4) is 0 Å². The van der Waals surface area contributed by atoms with Crippen molar-refractivity contribution >= 4 is 26.0 Å². The fourth-order valence-electron chi connectivity index (χ4n) is 1.97. The molecule has 1 atom stereocenters. The van der Waals surface area contributed by atoms with Crippen LogP contribution in [0.25, 0.3) is 0 Å². The van der Waals surface area contributed by atoms with Gasteiger partial charge < -0.3 is 0 Å². The van der Waals surface area contributed by atoms with Crippen molar-refractivity contribution in [2.75, 3.05) is 7.05 Å². The summed E-state index contributed by atoms with van der Waals surface area (Å²) in [5.74, 6) is -0.345. The molecule has 0 heterocycles. The molecule has 0 amide bonds. The van der Waals surface area contributed by atoms with Crippen molar-refractivity contribution in [3.63, 3.8) is 0 Å². The lowest BCUT2D eigenvalue weighted by molar-refractivity contribution is 0.398. The molecule has 6 heteroatoms. The van der Waals surface area contributed by atoms with Crippen LogP contribution in [0.15, 0.2) is 57.9 Å². The van der Waals surface area contributed by atoms with Crippen LogP contribution in [0.1, 0.15) is 18.5 Å². The van der Waals surface area contributed by atoms with Gasteiger partial charge in [0.05, 0.1) is 4.90 Å². The van der Waals surface area contributed by atoms with Crippen molar-refractivity contribution in [2.24, 2.45) is 0 Å². The Morgan fingerprint density at radius 3 is 2.24 bits per heavy atom. The van der Waals surface area contributed by atoms with Gasteiger partial charge in [0.1, 0.15) is 5.82 Å². The maximum absolute atomic E-state index is 13.0. The van der Waals surface area contributed by atoms with Crippen LogP contribution >= 0.6 is 15.9 Å². The minimum Gasteiger partial charge on any atom is -0.207 e. The van der Waals surface area contributed by atoms with E-state index in [2.05, 4.69) is 15.9 Å². The Morgan fingerprint density at radius 2 is 1.67 bits per heavy atom. The predicted molar refractivity (Wildman–Crippen MR) is 83.9 cm³/mol. The van der Waals surface area contributed by atoms with Crippen LogP contribution in [0.2, 0.25) is 0 Å². The molecule has 0 bridgehead atoms. The van der Waals surface area contributed by atoms with Gasteiger partial charge in [-0.25, -0.2) is 12.8 Å². The van der Waals surface area contributed by atoms with E-state index in [1.807, 2.05) is 0 Å². The Balaban J connectivity index is 2.36. The van der Waals surface area contributed by atoms with Gasteiger partial charge in [0.15, 0.2) is 0 Å². The van der Waals surface area contributed by atoms with Gasteiger partial charge in [0, 0.05) is 17.6 Å². The Labute approximate surface area is 132 Å². The van der Waals surface area contributed by atoms with Crippen LogP contribution in [-0.4, -0.2) is 19.8 Å². The van der Waals surface area contributed by atoms with Gasteiger partial charge in [-0.2, -0.15) is 4.31 Å². The SMILES string of the molecule is CC(c1ccc(F)cc1)N(C)S(=O)(=O)c1ccccc1Br. The first-order valence-electron chi connectivity index (χ1n) is 6.32. The van der Waals surface area contributed by atoms with Crippen molar-refractivity contribution in [2.45, 2.75) is 17.9 Å². The first kappa shape index (κ1) is 16.1. The number of nitrogens with zero attached hydrogens (tertiary/aromatic N) is 1. The number of halogens is 2. The highest BCUT2D eigenvalue weighted by atomic mass is 79.9. The average molecular weight is 372 g/mol. The van der Waals surface area contributed by atoms with E-state index in [4.69, 9.17) is 0 Å². The van der Waals surface area contributed by atoms with E-state index >= 15 is 0 Å². The van der Waals surface area contributed by atoms with Crippen molar-refractivity contribution in [3.8, 4) is 0 Å². The Kier molecular flexibility index (Phi) is 4.81. The molecular formula is C15H15BrFNO2S. The summed E-state index contributed by atoms with van der Waals surface area (Å²) >= 11 is 3.26. The van der Waals surface area contributed by atoms with Gasteiger partial charge in [-0.1, -0.05) is 24.3 Å². The molecular weight excluding hydrogens is 357 g/mol. The summed E-state index contributed by atoms with van der Waals surface area (Å²) in [4.78, 5) is 0.210. The van der Waals surface area contributed by atoms with Crippen LogP contribution in [0.4, 0.5) is 4.39 Å². The van der Waals surface area contributed by atoms with Crippen LogP contribution in [0.5, 0.6) is 0 Å². The van der Waals surface area contributed by atoms with Gasteiger partial charge >= 0.3 is 0 Å². The number of hydrogen-bond donors (Lipinski definition) is 0. The van der Waals surface area contributed by atoms with Crippen LogP contribution < -0.4 is 0 Å². The summed E-state index contributed by atoms with van der Waals surface area (Å²) in [5, 5.41) is 0. The second-order valence-electron chi connectivity index (χ2n) is 4.68. The molecule has 0 saturated carbocycles. The number of rotatable bonds is 4. The van der Waals surface area contributed by atoms with Gasteiger partial charge in [-0.3, -0.25) is 0 Å². The third-order valence-electron chi connectivity index (χ3n) is 3.39. The molecule has 0 N–H and O–H groups in total. The van der Waals surface area contributed by atoms with E-state index in [0.717, 1.165) is 5.56 Å². The molecule has 112 valence electrons. The summed E-state index contributed by atoms with van der Waals surface area (Å²) in [5.41, 5.74) is 0.731. The second kappa shape index (κ2) is 6.25. The van der Waals surface area contributed by atoms with Crippen molar-refractivity contribution in [3.05, 3.63) is 64.4 Å². The van der Waals surface area contributed by atoms with E-state index in [9.17, 15) is 12.8 Å². The van der Waals surface area contributed by atoms with Gasteiger partial charge in [-0.05, 0) is 52.7 Å². The van der Waals surface area contributed by atoms with E-state index in [0.29, 0.717) is 4.47 Å². The molecule has 3 nitrogen and oxygen atoms in total. The molecule has 0 aliphatic rings. The first-order valence-corrected chi connectivity index (χ1v) is 8.55. The highest BCUT2D eigenvalue weighted by Gasteiger charge is 2.27. The minimum absolute atomic E-state index is 0.210. The quantitative estimate of drug-likeness (QED) is 0.815. The number of hydrogen-bond acceptors (Lipinski definition) is 2. The highest BCUT2D eigenvalue weighted by Crippen LogP contribution is 2.29. The van der Waals surface area contributed by atoms with E-state index in [1.54, 1.807) is 43.3 Å². The van der Waals surface area contributed by atoms with Gasteiger partial charge in [0.2, 0.25) is 10.0 Å². The Morgan fingerprint density at radius 1 is 1.10 bits per heavy atom. The standard InChI is InChI=1S/C15H15BrFNO2S/c1-11(12-7-9-13(17)10-8-12)18(2)21(19,20)15-6-4-3-5-14(15)16/h3-11H,1-2H3. The molecule has 2 aromatic carbocycles.